The summed E-state index contributed by atoms with van der Waals surface area (Å²) in [6, 6.07) is 2.83. The summed E-state index contributed by atoms with van der Waals surface area (Å²) < 4.78 is 0. The van der Waals surface area contributed by atoms with Gasteiger partial charge in [0, 0.05) is 19.8 Å². The largest absolute Gasteiger partial charge is 0.397 e. The highest BCUT2D eigenvalue weighted by Gasteiger charge is 2.17. The lowest BCUT2D eigenvalue weighted by atomic mass is 10.2. The van der Waals surface area contributed by atoms with E-state index in [1.54, 1.807) is 33.2 Å². The van der Waals surface area contributed by atoms with Gasteiger partial charge in [-0.2, -0.15) is 0 Å². The van der Waals surface area contributed by atoms with E-state index >= 15 is 0 Å². The van der Waals surface area contributed by atoms with Crippen LogP contribution in [0.3, 0.4) is 0 Å². The van der Waals surface area contributed by atoms with Crippen molar-refractivity contribution < 1.29 is 9.59 Å². The average Bonchev–Trinajstić information content (AvgIpc) is 2.30. The first-order valence-corrected chi connectivity index (χ1v) is 5.61. The quantitative estimate of drug-likeness (QED) is 0.774. The van der Waals surface area contributed by atoms with Gasteiger partial charge in [0.1, 0.15) is 6.04 Å². The highest BCUT2D eigenvalue weighted by atomic mass is 16.2. The van der Waals surface area contributed by atoms with Crippen molar-refractivity contribution in [2.24, 2.45) is 0 Å². The van der Waals surface area contributed by atoms with Gasteiger partial charge in [-0.1, -0.05) is 0 Å². The molecule has 0 aromatic carbocycles. The zero-order valence-electron chi connectivity index (χ0n) is 10.8. The number of anilines is 1. The number of aromatic nitrogens is 1. The lowest BCUT2D eigenvalue weighted by molar-refractivity contribution is -0.133. The van der Waals surface area contributed by atoms with Crippen molar-refractivity contribution in [3.05, 3.63) is 24.0 Å². The van der Waals surface area contributed by atoms with Crippen LogP contribution >= 0.6 is 0 Å². The number of nitrogens with two attached hydrogens (primary N) is 1. The molecule has 0 saturated heterocycles. The Labute approximate surface area is 106 Å². The highest BCUT2D eigenvalue weighted by Crippen LogP contribution is 2.02. The third-order valence-corrected chi connectivity index (χ3v) is 2.38. The van der Waals surface area contributed by atoms with Crippen LogP contribution in [0.1, 0.15) is 12.6 Å². The first-order chi connectivity index (χ1) is 8.40. The Morgan fingerprint density at radius 2 is 2.11 bits per heavy atom. The summed E-state index contributed by atoms with van der Waals surface area (Å²) >= 11 is 0. The normalized spacial score (nSPS) is 11.7. The molecule has 6 nitrogen and oxygen atoms in total. The van der Waals surface area contributed by atoms with Crippen molar-refractivity contribution in [3.8, 4) is 0 Å². The number of likely N-dealkylation sites (N-methyl/N-ethyl adjacent to an activating group) is 1. The molecule has 1 atom stereocenters. The summed E-state index contributed by atoms with van der Waals surface area (Å²) in [7, 11) is 3.29. The van der Waals surface area contributed by atoms with Crippen molar-refractivity contribution in [2.75, 3.05) is 19.8 Å². The molecule has 1 heterocycles. The summed E-state index contributed by atoms with van der Waals surface area (Å²) in [5.74, 6) is -0.386. The van der Waals surface area contributed by atoms with E-state index in [-0.39, 0.29) is 18.2 Å². The average molecular weight is 250 g/mol. The van der Waals surface area contributed by atoms with Crippen LogP contribution in [0.5, 0.6) is 0 Å². The molecule has 0 aliphatic carbocycles. The number of hydrogen-bond donors (Lipinski definition) is 2. The maximum atomic E-state index is 11.7. The summed E-state index contributed by atoms with van der Waals surface area (Å²) in [6.07, 6.45) is 1.63. The Balaban J connectivity index is 2.51. The van der Waals surface area contributed by atoms with Crippen molar-refractivity contribution >= 4 is 17.5 Å². The Morgan fingerprint density at radius 3 is 2.61 bits per heavy atom. The van der Waals surface area contributed by atoms with Crippen molar-refractivity contribution in [1.82, 2.24) is 15.2 Å². The molecule has 6 heteroatoms. The smallest absolute Gasteiger partial charge is 0.244 e. The third-order valence-electron chi connectivity index (χ3n) is 2.38. The molecule has 1 unspecified atom stereocenters. The topological polar surface area (TPSA) is 88.3 Å². The molecule has 3 N–H and O–H groups in total. The molecule has 0 fully saturated rings. The van der Waals surface area contributed by atoms with E-state index in [1.807, 2.05) is 0 Å². The second-order valence-corrected chi connectivity index (χ2v) is 4.28. The van der Waals surface area contributed by atoms with Gasteiger partial charge in [0.25, 0.3) is 0 Å². The summed E-state index contributed by atoms with van der Waals surface area (Å²) in [5, 5.41) is 2.62. The van der Waals surface area contributed by atoms with E-state index in [4.69, 9.17) is 5.73 Å². The number of pyridine rings is 1. The second-order valence-electron chi connectivity index (χ2n) is 4.28. The zero-order chi connectivity index (χ0) is 13.7. The van der Waals surface area contributed by atoms with Crippen LogP contribution in [0.4, 0.5) is 5.69 Å². The molecule has 1 aromatic rings. The number of nitrogens with one attached hydrogen (secondary N) is 1. The Bertz CT molecular complexity index is 428. The molecule has 98 valence electrons. The minimum atomic E-state index is -0.540. The van der Waals surface area contributed by atoms with Crippen molar-refractivity contribution in [2.45, 2.75) is 19.4 Å². The molecule has 0 aliphatic rings. The standard InChI is InChI=1S/C12H18N4O2/c1-8(12(18)16(2)3)15-11(17)6-10-5-4-9(13)7-14-10/h4-5,7-8H,6,13H2,1-3H3,(H,15,17). The SMILES string of the molecule is CC(NC(=O)Cc1ccc(N)cn1)C(=O)N(C)C. The monoisotopic (exact) mass is 250 g/mol. The van der Waals surface area contributed by atoms with Crippen molar-refractivity contribution in [1.29, 1.82) is 0 Å². The summed E-state index contributed by atoms with van der Waals surface area (Å²) in [4.78, 5) is 28.7. The van der Waals surface area contributed by atoms with Gasteiger partial charge < -0.3 is 16.0 Å². The van der Waals surface area contributed by atoms with E-state index in [0.29, 0.717) is 11.4 Å². The summed E-state index contributed by atoms with van der Waals surface area (Å²) in [5.41, 5.74) is 6.67. The molecular formula is C12H18N4O2. The molecule has 0 aliphatic heterocycles. The van der Waals surface area contributed by atoms with E-state index in [1.165, 1.54) is 11.1 Å². The van der Waals surface area contributed by atoms with Crippen molar-refractivity contribution in [3.63, 3.8) is 0 Å². The maximum absolute atomic E-state index is 11.7. The predicted octanol–water partition coefficient (Wildman–Crippen LogP) is -0.201. The number of rotatable bonds is 4. The zero-order valence-corrected chi connectivity index (χ0v) is 10.8. The minimum absolute atomic E-state index is 0.130. The number of hydrogen-bond acceptors (Lipinski definition) is 4. The number of nitrogens with zero attached hydrogens (tertiary/aromatic N) is 2. The fourth-order valence-corrected chi connectivity index (χ4v) is 1.45. The molecule has 1 rings (SSSR count). The molecule has 0 bridgehead atoms. The molecular weight excluding hydrogens is 232 g/mol. The van der Waals surface area contributed by atoms with Gasteiger partial charge in [-0.15, -0.1) is 0 Å². The number of carbonyl (C=O) groups is 2. The van der Waals surface area contributed by atoms with Crippen LogP contribution in [-0.4, -0.2) is 41.8 Å². The molecule has 0 radical (unpaired) electrons. The second kappa shape index (κ2) is 6.00. The van der Waals surface area contributed by atoms with Gasteiger partial charge in [-0.05, 0) is 19.1 Å². The van der Waals surface area contributed by atoms with Gasteiger partial charge in [0.15, 0.2) is 0 Å². The number of nitrogen functional groups attached to an aromatic ring is 1. The van der Waals surface area contributed by atoms with Crippen LogP contribution in [0.15, 0.2) is 18.3 Å². The van der Waals surface area contributed by atoms with Gasteiger partial charge in [-0.3, -0.25) is 14.6 Å². The van der Waals surface area contributed by atoms with Crippen LogP contribution in [0, 0.1) is 0 Å². The fourth-order valence-electron chi connectivity index (χ4n) is 1.45. The van der Waals surface area contributed by atoms with E-state index < -0.39 is 6.04 Å². The molecule has 0 spiro atoms. The van der Waals surface area contributed by atoms with Gasteiger partial charge >= 0.3 is 0 Å². The van der Waals surface area contributed by atoms with E-state index in [9.17, 15) is 9.59 Å². The molecule has 18 heavy (non-hydrogen) atoms. The van der Waals surface area contributed by atoms with Crippen LogP contribution < -0.4 is 11.1 Å². The minimum Gasteiger partial charge on any atom is -0.397 e. The highest BCUT2D eigenvalue weighted by molar-refractivity contribution is 5.87. The predicted molar refractivity (Wildman–Crippen MR) is 68.7 cm³/mol. The lowest BCUT2D eigenvalue weighted by Gasteiger charge is -2.17. The number of amides is 2. The van der Waals surface area contributed by atoms with E-state index in [2.05, 4.69) is 10.3 Å². The molecule has 1 aromatic heterocycles. The third kappa shape index (κ3) is 4.04. The first kappa shape index (κ1) is 14.0. The first-order valence-electron chi connectivity index (χ1n) is 5.61. The Morgan fingerprint density at radius 1 is 1.44 bits per heavy atom. The van der Waals surface area contributed by atoms with Crippen LogP contribution in [-0.2, 0) is 16.0 Å². The molecule has 0 saturated carbocycles. The van der Waals surface area contributed by atoms with E-state index in [0.717, 1.165) is 0 Å². The fraction of sp³-hybridized carbons (Fsp3) is 0.417. The van der Waals surface area contributed by atoms with Gasteiger partial charge in [-0.25, -0.2) is 0 Å². The van der Waals surface area contributed by atoms with Gasteiger partial charge in [0.2, 0.25) is 11.8 Å². The Hall–Kier alpha value is -2.11. The maximum Gasteiger partial charge on any atom is 0.244 e. The Kier molecular flexibility index (Phi) is 4.65. The lowest BCUT2D eigenvalue weighted by Crippen LogP contribution is -2.44. The number of carbonyl (C=O) groups excluding carboxylic acids is 2. The van der Waals surface area contributed by atoms with Crippen LogP contribution in [0.25, 0.3) is 0 Å². The van der Waals surface area contributed by atoms with Gasteiger partial charge in [0.05, 0.1) is 18.3 Å². The molecule has 2 amide bonds. The summed E-state index contributed by atoms with van der Waals surface area (Å²) in [6.45, 7) is 1.65. The van der Waals surface area contributed by atoms with Crippen LogP contribution in [0.2, 0.25) is 0 Å².